The van der Waals surface area contributed by atoms with Gasteiger partial charge in [0, 0.05) is 49.2 Å². The molecule has 0 spiro atoms. The van der Waals surface area contributed by atoms with Gasteiger partial charge in [0.25, 0.3) is 5.91 Å². The lowest BCUT2D eigenvalue weighted by Crippen LogP contribution is -2.43. The Morgan fingerprint density at radius 2 is 1.36 bits per heavy atom. The quantitative estimate of drug-likeness (QED) is 0.0585. The van der Waals surface area contributed by atoms with Crippen molar-refractivity contribution in [2.24, 2.45) is 17.8 Å². The van der Waals surface area contributed by atoms with E-state index in [1.54, 1.807) is 18.3 Å². The molecule has 1 aliphatic heterocycles. The smallest absolute Gasteiger partial charge is 0.406 e. The van der Waals surface area contributed by atoms with Crippen LogP contribution >= 0.6 is 0 Å². The van der Waals surface area contributed by atoms with Gasteiger partial charge in [-0.3, -0.25) is 14.7 Å². The molecule has 2 bridgehead atoms. The van der Waals surface area contributed by atoms with Gasteiger partial charge < -0.3 is 68.4 Å². The Kier molecular flexibility index (Phi) is 20.6. The van der Waals surface area contributed by atoms with Gasteiger partial charge in [-0.25, -0.2) is 4.98 Å². The maximum atomic E-state index is 13.1. The second-order valence-corrected chi connectivity index (χ2v) is 15.9. The van der Waals surface area contributed by atoms with Crippen LogP contribution in [0.5, 0.6) is 5.75 Å². The predicted octanol–water partition coefficient (Wildman–Crippen LogP) is 2.83. The molecule has 2 aromatic heterocycles. The number of rotatable bonds is 31. The SMILES string of the molecule is O=C(Nc1ccc(OC(F)(F)F)cc1)c1cnc(N2CC[C@@H](OCCOCCOCCOCCOCCOCCOCCOCCNC(=O)[C@H]3C[C@@H]4C[C@H]3[C@@H](O)[C@H]4O)C2)c(-c2ccn[nH]2)c1. The number of hydrogen-bond acceptors (Lipinski definition) is 16. The molecule has 0 radical (unpaired) electrons. The lowest BCUT2D eigenvalue weighted by Gasteiger charge is -2.28. The normalized spacial score (nSPS) is 21.4. The molecule has 3 fully saturated rings. The molecule has 22 heteroatoms. The zero-order chi connectivity index (χ0) is 46.6. The van der Waals surface area contributed by atoms with Crippen LogP contribution in [0.4, 0.5) is 24.7 Å². The summed E-state index contributed by atoms with van der Waals surface area (Å²) in [4.78, 5) is 32.2. The monoisotopic (exact) mass is 938 g/mol. The van der Waals surface area contributed by atoms with Crippen LogP contribution in [0.1, 0.15) is 29.6 Å². The Balaban J connectivity index is 0.701. The molecule has 0 unspecified atom stereocenters. The number of benzene rings is 1. The lowest BCUT2D eigenvalue weighted by molar-refractivity contribution is -0.274. The van der Waals surface area contributed by atoms with Crippen molar-refractivity contribution in [2.75, 3.05) is 129 Å². The van der Waals surface area contributed by atoms with E-state index < -0.39 is 30.2 Å². The molecular weight excluding hydrogens is 878 g/mol. The van der Waals surface area contributed by atoms with Crippen LogP contribution < -0.4 is 20.3 Å². The van der Waals surface area contributed by atoms with Crippen LogP contribution in [-0.2, 0) is 42.7 Å². The first-order valence-corrected chi connectivity index (χ1v) is 22.3. The first-order chi connectivity index (χ1) is 32.1. The van der Waals surface area contributed by atoms with Gasteiger partial charge in [-0.2, -0.15) is 5.10 Å². The summed E-state index contributed by atoms with van der Waals surface area (Å²) in [5.74, 6) is -0.692. The van der Waals surface area contributed by atoms with Crippen LogP contribution in [0.3, 0.4) is 0 Å². The van der Waals surface area contributed by atoms with Crippen LogP contribution in [-0.4, -0.2) is 181 Å². The maximum absolute atomic E-state index is 13.1. The molecule has 366 valence electrons. The van der Waals surface area contributed by atoms with E-state index >= 15 is 0 Å². The fourth-order valence-corrected chi connectivity index (χ4v) is 8.11. The van der Waals surface area contributed by atoms with E-state index in [-0.39, 0.29) is 41.0 Å². The third-order valence-corrected chi connectivity index (χ3v) is 11.3. The van der Waals surface area contributed by atoms with Crippen LogP contribution in [0.25, 0.3) is 11.3 Å². The zero-order valence-electron chi connectivity index (χ0n) is 36.8. The van der Waals surface area contributed by atoms with Gasteiger partial charge in [-0.1, -0.05) is 0 Å². The molecule has 3 aliphatic rings. The number of aliphatic hydroxyl groups excluding tert-OH is 2. The van der Waals surface area contributed by atoms with Gasteiger partial charge in [-0.15, -0.1) is 13.2 Å². The molecule has 66 heavy (non-hydrogen) atoms. The molecule has 1 aromatic carbocycles. The zero-order valence-corrected chi connectivity index (χ0v) is 36.8. The summed E-state index contributed by atoms with van der Waals surface area (Å²) >= 11 is 0. The molecule has 6 rings (SSSR count). The van der Waals surface area contributed by atoms with E-state index in [4.69, 9.17) is 37.9 Å². The molecule has 3 aromatic rings. The van der Waals surface area contributed by atoms with Crippen molar-refractivity contribution < 1.29 is 75.6 Å². The summed E-state index contributed by atoms with van der Waals surface area (Å²) in [7, 11) is 0. The highest BCUT2D eigenvalue weighted by molar-refractivity contribution is 6.05. The van der Waals surface area contributed by atoms with Crippen molar-refractivity contribution in [3.8, 4) is 17.0 Å². The number of pyridine rings is 1. The number of halogens is 3. The number of ether oxygens (including phenoxy) is 9. The number of aliphatic hydroxyl groups is 2. The van der Waals surface area contributed by atoms with Crippen LogP contribution in [0.15, 0.2) is 48.8 Å². The highest BCUT2D eigenvalue weighted by Crippen LogP contribution is 2.48. The average molecular weight is 939 g/mol. The summed E-state index contributed by atoms with van der Waals surface area (Å²) in [6.07, 6.45) is -1.22. The van der Waals surface area contributed by atoms with Crippen LogP contribution in [0.2, 0.25) is 0 Å². The predicted molar refractivity (Wildman–Crippen MR) is 230 cm³/mol. The minimum absolute atomic E-state index is 0.0161. The van der Waals surface area contributed by atoms with Gasteiger partial charge in [0.2, 0.25) is 5.91 Å². The molecule has 6 atom stereocenters. The molecule has 2 saturated carbocycles. The largest absolute Gasteiger partial charge is 0.573 e. The molecule has 19 nitrogen and oxygen atoms in total. The summed E-state index contributed by atoms with van der Waals surface area (Å²) in [5, 5.41) is 32.4. The van der Waals surface area contributed by atoms with Crippen molar-refractivity contribution in [1.82, 2.24) is 20.5 Å². The third kappa shape index (κ3) is 16.4. The second-order valence-electron chi connectivity index (χ2n) is 15.9. The van der Waals surface area contributed by atoms with Crippen molar-refractivity contribution in [3.63, 3.8) is 0 Å². The number of nitrogens with one attached hydrogen (secondary N) is 3. The standard InChI is InChI=1S/C44H61F3N6O13/c45-44(46,47)66-33-3-1-32(2-4-33)51-42(56)31-27-37(38-5-7-50-52-38)41(49-28-31)53-9-6-34(29-53)65-24-23-64-22-21-63-20-19-62-18-17-61-16-15-60-14-13-59-12-11-58-10-8-48-43(57)36-26-30-25-35(36)40(55)39(30)54/h1-5,7,27-28,30,34-36,39-40,54-55H,6,8-26,29H2,(H,48,57)(H,50,52)(H,51,56)/t30-,34+,35+,36-,39-,40+/m0/s1. The second kappa shape index (κ2) is 26.7. The summed E-state index contributed by atoms with van der Waals surface area (Å²) in [6.45, 7) is 7.98. The highest BCUT2D eigenvalue weighted by Gasteiger charge is 2.53. The molecule has 1 saturated heterocycles. The van der Waals surface area contributed by atoms with Crippen molar-refractivity contribution >= 4 is 23.3 Å². The van der Waals surface area contributed by atoms with E-state index in [0.717, 1.165) is 18.6 Å². The minimum Gasteiger partial charge on any atom is -0.406 e. The number of aromatic amines is 1. The Hall–Kier alpha value is -4.49. The van der Waals surface area contributed by atoms with E-state index in [0.29, 0.717) is 149 Å². The summed E-state index contributed by atoms with van der Waals surface area (Å²) in [6, 6.07) is 8.32. The Morgan fingerprint density at radius 3 is 1.91 bits per heavy atom. The lowest BCUT2D eigenvalue weighted by atomic mass is 9.84. The Bertz CT molecular complexity index is 1880. The topological polar surface area (TPSA) is 227 Å². The maximum Gasteiger partial charge on any atom is 0.573 e. The number of amides is 2. The van der Waals surface area contributed by atoms with Gasteiger partial charge in [0.1, 0.15) is 11.6 Å². The first kappa shape index (κ1) is 50.9. The Labute approximate surface area is 380 Å². The van der Waals surface area contributed by atoms with Gasteiger partial charge in [0.05, 0.1) is 129 Å². The molecule has 2 aliphatic carbocycles. The molecule has 3 heterocycles. The van der Waals surface area contributed by atoms with Crippen molar-refractivity contribution in [2.45, 2.75) is 43.9 Å². The molecular formula is C44H61F3N6O13. The number of nitrogens with zero attached hydrogens (tertiary/aromatic N) is 3. The van der Waals surface area contributed by atoms with E-state index in [1.165, 1.54) is 18.3 Å². The summed E-state index contributed by atoms with van der Waals surface area (Å²) in [5.41, 5.74) is 1.86. The minimum atomic E-state index is -4.81. The number of fused-ring (bicyclic) bond motifs is 2. The fourth-order valence-electron chi connectivity index (χ4n) is 8.11. The van der Waals surface area contributed by atoms with Gasteiger partial charge in [0.15, 0.2) is 0 Å². The van der Waals surface area contributed by atoms with Crippen LogP contribution in [0, 0.1) is 17.8 Å². The number of alkyl halides is 3. The third-order valence-electron chi connectivity index (χ3n) is 11.3. The number of carbonyl (C=O) groups is 2. The number of hydrogen-bond donors (Lipinski definition) is 5. The highest BCUT2D eigenvalue weighted by atomic mass is 19.4. The van der Waals surface area contributed by atoms with E-state index in [2.05, 4.69) is 35.5 Å². The number of carbonyl (C=O) groups excluding carboxylic acids is 2. The van der Waals surface area contributed by atoms with E-state index in [9.17, 15) is 33.0 Å². The molecule has 2 amide bonds. The summed E-state index contributed by atoms with van der Waals surface area (Å²) < 4.78 is 86.2. The first-order valence-electron chi connectivity index (χ1n) is 22.3. The van der Waals surface area contributed by atoms with E-state index in [1.807, 2.05) is 0 Å². The Morgan fingerprint density at radius 1 is 0.773 bits per heavy atom. The number of aromatic nitrogens is 3. The number of H-pyrrole nitrogens is 1. The molecule has 5 N–H and O–H groups in total. The number of anilines is 2. The van der Waals surface area contributed by atoms with Gasteiger partial charge in [-0.05, 0) is 67.5 Å². The van der Waals surface area contributed by atoms with Crippen molar-refractivity contribution in [3.05, 3.63) is 54.4 Å². The fraction of sp³-hybridized carbons (Fsp3) is 0.636. The average Bonchev–Trinajstić information content (AvgIpc) is 4.14. The van der Waals surface area contributed by atoms with Crippen molar-refractivity contribution in [1.29, 1.82) is 0 Å². The van der Waals surface area contributed by atoms with Gasteiger partial charge >= 0.3 is 6.36 Å².